The van der Waals surface area contributed by atoms with Crippen molar-refractivity contribution >= 4 is 11.9 Å². The highest BCUT2D eigenvalue weighted by atomic mass is 16.5. The van der Waals surface area contributed by atoms with E-state index in [0.717, 1.165) is 11.3 Å². The van der Waals surface area contributed by atoms with Crippen LogP contribution in [0.1, 0.15) is 15.9 Å². The van der Waals surface area contributed by atoms with Gasteiger partial charge < -0.3 is 14.2 Å². The molecule has 0 aromatic heterocycles. The Bertz CT molecular complexity index is 730. The summed E-state index contributed by atoms with van der Waals surface area (Å²) in [5.41, 5.74) is 1.45. The predicted molar refractivity (Wildman–Crippen MR) is 95.0 cm³/mol. The van der Waals surface area contributed by atoms with Gasteiger partial charge in [0.25, 0.3) is 0 Å². The van der Waals surface area contributed by atoms with Crippen molar-refractivity contribution in [1.29, 1.82) is 0 Å². The summed E-state index contributed by atoms with van der Waals surface area (Å²) in [6.07, 6.45) is 4.98. The topological polar surface area (TPSA) is 44.8 Å². The van der Waals surface area contributed by atoms with Crippen LogP contribution in [-0.4, -0.2) is 26.6 Å². The lowest BCUT2D eigenvalue weighted by Gasteiger charge is -2.08. The van der Waals surface area contributed by atoms with Crippen molar-refractivity contribution in [1.82, 2.24) is 0 Å². The van der Waals surface area contributed by atoms with Crippen LogP contribution in [0.2, 0.25) is 0 Å². The third-order valence-corrected chi connectivity index (χ3v) is 3.34. The van der Waals surface area contributed by atoms with Crippen LogP contribution in [-0.2, 0) is 0 Å². The van der Waals surface area contributed by atoms with E-state index in [-0.39, 0.29) is 5.78 Å². The quantitative estimate of drug-likeness (QED) is 0.415. The summed E-state index contributed by atoms with van der Waals surface area (Å²) < 4.78 is 15.8. The van der Waals surface area contributed by atoms with E-state index in [1.165, 1.54) is 13.2 Å². The number of carbonyl (C=O) groups excluding carboxylic acids is 1. The molecule has 4 nitrogen and oxygen atoms in total. The highest BCUT2D eigenvalue weighted by molar-refractivity contribution is 6.07. The van der Waals surface area contributed by atoms with Gasteiger partial charge in [-0.15, -0.1) is 0 Å². The lowest BCUT2D eigenvalue weighted by Crippen LogP contribution is -1.97. The average molecular weight is 324 g/mol. The maximum atomic E-state index is 12.3. The molecule has 0 aliphatic heterocycles. The van der Waals surface area contributed by atoms with Gasteiger partial charge in [-0.25, -0.2) is 0 Å². The van der Waals surface area contributed by atoms with Gasteiger partial charge in [-0.05, 0) is 42.0 Å². The van der Waals surface area contributed by atoms with Crippen molar-refractivity contribution in [3.05, 3.63) is 72.3 Å². The Labute approximate surface area is 142 Å². The van der Waals surface area contributed by atoms with Crippen molar-refractivity contribution in [3.63, 3.8) is 0 Å². The molecule has 0 fully saturated rings. The molecule has 0 heterocycles. The minimum atomic E-state index is -0.108. The molecule has 2 aromatic carbocycles. The summed E-state index contributed by atoms with van der Waals surface area (Å²) in [7, 11) is 3.10. The Morgan fingerprint density at radius 3 is 2.38 bits per heavy atom. The Hall–Kier alpha value is -3.01. The number of rotatable bonds is 8. The summed E-state index contributed by atoms with van der Waals surface area (Å²) in [5, 5.41) is 0. The lowest BCUT2D eigenvalue weighted by atomic mass is 10.1. The van der Waals surface area contributed by atoms with Gasteiger partial charge in [0.1, 0.15) is 12.4 Å². The number of ketones is 1. The molecule has 0 aliphatic carbocycles. The Morgan fingerprint density at radius 1 is 1.04 bits per heavy atom. The smallest absolute Gasteiger partial charge is 0.185 e. The monoisotopic (exact) mass is 324 g/mol. The maximum absolute atomic E-state index is 12.3. The molecule has 4 heteroatoms. The number of hydrogen-bond acceptors (Lipinski definition) is 4. The van der Waals surface area contributed by atoms with Gasteiger partial charge in [-0.1, -0.05) is 30.9 Å². The highest BCUT2D eigenvalue weighted by Crippen LogP contribution is 2.27. The molecule has 0 saturated carbocycles. The lowest BCUT2D eigenvalue weighted by molar-refractivity contribution is 0.104. The second-order valence-electron chi connectivity index (χ2n) is 4.94. The van der Waals surface area contributed by atoms with Crippen LogP contribution in [0.25, 0.3) is 6.08 Å². The molecule has 0 saturated heterocycles. The van der Waals surface area contributed by atoms with Gasteiger partial charge in [-0.3, -0.25) is 4.79 Å². The average Bonchev–Trinajstić information content (AvgIpc) is 2.64. The summed E-state index contributed by atoms with van der Waals surface area (Å²) in [4.78, 5) is 12.3. The largest absolute Gasteiger partial charge is 0.493 e. The van der Waals surface area contributed by atoms with Crippen LogP contribution in [0.3, 0.4) is 0 Å². The van der Waals surface area contributed by atoms with Crippen LogP contribution >= 0.6 is 0 Å². The van der Waals surface area contributed by atoms with Crippen LogP contribution in [0.5, 0.6) is 17.2 Å². The fraction of sp³-hybridized carbons (Fsp3) is 0.150. The Balaban J connectivity index is 2.08. The molecule has 0 spiro atoms. The van der Waals surface area contributed by atoms with Gasteiger partial charge in [0.2, 0.25) is 0 Å². The first-order valence-electron chi connectivity index (χ1n) is 7.46. The first-order chi connectivity index (χ1) is 11.7. The second kappa shape index (κ2) is 8.58. The van der Waals surface area contributed by atoms with Crippen LogP contribution < -0.4 is 14.2 Å². The SMILES string of the molecule is C=CCOc1ccc(/C=C/C(=O)c2ccc(OC)c(OC)c2)cc1. The predicted octanol–water partition coefficient (Wildman–Crippen LogP) is 4.16. The summed E-state index contributed by atoms with van der Waals surface area (Å²) >= 11 is 0. The van der Waals surface area contributed by atoms with Crippen LogP contribution in [0.4, 0.5) is 0 Å². The van der Waals surface area contributed by atoms with Crippen molar-refractivity contribution in [2.24, 2.45) is 0 Å². The van der Waals surface area contributed by atoms with Crippen molar-refractivity contribution in [3.8, 4) is 17.2 Å². The van der Waals surface area contributed by atoms with Crippen molar-refractivity contribution < 1.29 is 19.0 Å². The van der Waals surface area contributed by atoms with Gasteiger partial charge in [0, 0.05) is 5.56 Å². The van der Waals surface area contributed by atoms with E-state index in [9.17, 15) is 4.79 Å². The minimum absolute atomic E-state index is 0.108. The first kappa shape index (κ1) is 17.3. The zero-order valence-electron chi connectivity index (χ0n) is 13.8. The number of allylic oxidation sites excluding steroid dienone is 1. The summed E-state index contributed by atoms with van der Waals surface area (Å²) in [5.74, 6) is 1.77. The van der Waals surface area contributed by atoms with E-state index in [2.05, 4.69) is 6.58 Å². The normalized spacial score (nSPS) is 10.4. The van der Waals surface area contributed by atoms with Crippen LogP contribution in [0, 0.1) is 0 Å². The molecule has 2 aromatic rings. The number of methoxy groups -OCH3 is 2. The fourth-order valence-corrected chi connectivity index (χ4v) is 2.09. The van der Waals surface area contributed by atoms with E-state index in [1.54, 1.807) is 37.5 Å². The third kappa shape index (κ3) is 4.49. The summed E-state index contributed by atoms with van der Waals surface area (Å²) in [6, 6.07) is 12.6. The molecule has 0 unspecified atom stereocenters. The van der Waals surface area contributed by atoms with E-state index < -0.39 is 0 Å². The first-order valence-corrected chi connectivity index (χ1v) is 7.46. The van der Waals surface area contributed by atoms with Gasteiger partial charge >= 0.3 is 0 Å². The van der Waals surface area contributed by atoms with E-state index in [4.69, 9.17) is 14.2 Å². The van der Waals surface area contributed by atoms with E-state index in [1.807, 2.05) is 24.3 Å². The molecular weight excluding hydrogens is 304 g/mol. The molecule has 0 N–H and O–H groups in total. The molecule has 0 bridgehead atoms. The molecule has 0 atom stereocenters. The van der Waals surface area contributed by atoms with Gasteiger partial charge in [0.15, 0.2) is 17.3 Å². The van der Waals surface area contributed by atoms with Gasteiger partial charge in [-0.2, -0.15) is 0 Å². The zero-order chi connectivity index (χ0) is 17.4. The molecule has 2 rings (SSSR count). The third-order valence-electron chi connectivity index (χ3n) is 3.34. The Kier molecular flexibility index (Phi) is 6.20. The fourth-order valence-electron chi connectivity index (χ4n) is 2.09. The number of carbonyl (C=O) groups is 1. The molecular formula is C20H20O4. The van der Waals surface area contributed by atoms with Gasteiger partial charge in [0.05, 0.1) is 14.2 Å². The molecule has 124 valence electrons. The second-order valence-corrected chi connectivity index (χ2v) is 4.94. The number of benzene rings is 2. The van der Waals surface area contributed by atoms with Crippen molar-refractivity contribution in [2.75, 3.05) is 20.8 Å². The molecule has 0 amide bonds. The summed E-state index contributed by atoms with van der Waals surface area (Å²) in [6.45, 7) is 4.07. The van der Waals surface area contributed by atoms with Crippen LogP contribution in [0.15, 0.2) is 61.2 Å². The van der Waals surface area contributed by atoms with Crippen molar-refractivity contribution in [2.45, 2.75) is 0 Å². The Morgan fingerprint density at radius 2 is 1.75 bits per heavy atom. The van der Waals surface area contributed by atoms with E-state index in [0.29, 0.717) is 23.7 Å². The number of ether oxygens (including phenoxy) is 3. The minimum Gasteiger partial charge on any atom is -0.493 e. The zero-order valence-corrected chi connectivity index (χ0v) is 13.8. The molecule has 0 aliphatic rings. The maximum Gasteiger partial charge on any atom is 0.185 e. The van der Waals surface area contributed by atoms with E-state index >= 15 is 0 Å². The molecule has 24 heavy (non-hydrogen) atoms. The number of hydrogen-bond donors (Lipinski definition) is 0. The highest BCUT2D eigenvalue weighted by Gasteiger charge is 2.08. The standard InChI is InChI=1S/C20H20O4/c1-4-13-24-17-9-5-15(6-10-17)7-11-18(21)16-8-12-19(22-2)20(14-16)23-3/h4-12,14H,1,13H2,2-3H3/b11-7+. The molecule has 0 radical (unpaired) electrons.